The standard InChI is InChI=1S/C16H20ClN3O3/c1-9-6-10-13(18)12(17)7-11(14(10)23-9)15(21)20-8-16(22)2-4-19-5-3-16/h6-7,19,22H,2-5,8,18H2,1H3,(H,20,21). The summed E-state index contributed by atoms with van der Waals surface area (Å²) in [4.78, 5) is 12.5. The average molecular weight is 338 g/mol. The van der Waals surface area contributed by atoms with Gasteiger partial charge in [-0.3, -0.25) is 4.79 Å². The van der Waals surface area contributed by atoms with Gasteiger partial charge in [-0.25, -0.2) is 0 Å². The van der Waals surface area contributed by atoms with Crippen LogP contribution in [0.2, 0.25) is 5.02 Å². The molecule has 0 bridgehead atoms. The van der Waals surface area contributed by atoms with Crippen LogP contribution in [-0.2, 0) is 0 Å². The molecule has 0 aliphatic carbocycles. The number of benzene rings is 1. The fraction of sp³-hybridized carbons (Fsp3) is 0.438. The molecule has 1 aromatic heterocycles. The van der Waals surface area contributed by atoms with Crippen LogP contribution in [0.5, 0.6) is 0 Å². The van der Waals surface area contributed by atoms with Gasteiger partial charge in [0.15, 0.2) is 0 Å². The van der Waals surface area contributed by atoms with Crippen molar-refractivity contribution in [2.24, 2.45) is 0 Å². The Morgan fingerprint density at radius 2 is 2.17 bits per heavy atom. The molecule has 0 atom stereocenters. The number of nitrogen functional groups attached to an aromatic ring is 1. The molecule has 1 fully saturated rings. The number of furan rings is 1. The Balaban J connectivity index is 1.85. The van der Waals surface area contributed by atoms with E-state index in [-0.39, 0.29) is 12.5 Å². The molecule has 1 aromatic carbocycles. The maximum Gasteiger partial charge on any atom is 0.255 e. The number of carbonyl (C=O) groups excluding carboxylic acids is 1. The number of anilines is 1. The van der Waals surface area contributed by atoms with Gasteiger partial charge in [0.25, 0.3) is 5.91 Å². The highest BCUT2D eigenvalue weighted by molar-refractivity contribution is 6.35. The summed E-state index contributed by atoms with van der Waals surface area (Å²) in [6.07, 6.45) is 1.20. The first-order chi connectivity index (χ1) is 10.9. The first-order valence-corrected chi connectivity index (χ1v) is 7.97. The number of nitrogens with two attached hydrogens (primary N) is 1. The normalized spacial score (nSPS) is 17.3. The zero-order chi connectivity index (χ0) is 16.6. The molecular formula is C16H20ClN3O3. The van der Waals surface area contributed by atoms with Gasteiger partial charge in [0.1, 0.15) is 11.3 Å². The van der Waals surface area contributed by atoms with Crippen molar-refractivity contribution in [3.05, 3.63) is 28.5 Å². The highest BCUT2D eigenvalue weighted by Crippen LogP contribution is 2.34. The van der Waals surface area contributed by atoms with E-state index in [4.69, 9.17) is 21.8 Å². The molecule has 0 spiro atoms. The minimum Gasteiger partial charge on any atom is -0.460 e. The van der Waals surface area contributed by atoms with Crippen molar-refractivity contribution in [3.8, 4) is 0 Å². The van der Waals surface area contributed by atoms with Crippen LogP contribution in [-0.4, -0.2) is 36.2 Å². The van der Waals surface area contributed by atoms with Crippen LogP contribution in [0.3, 0.4) is 0 Å². The van der Waals surface area contributed by atoms with E-state index in [9.17, 15) is 9.90 Å². The first kappa shape index (κ1) is 16.1. The van der Waals surface area contributed by atoms with Gasteiger partial charge in [-0.05, 0) is 45.0 Å². The second kappa shape index (κ2) is 6.03. The number of carbonyl (C=O) groups is 1. The zero-order valence-corrected chi connectivity index (χ0v) is 13.7. The summed E-state index contributed by atoms with van der Waals surface area (Å²) in [6, 6.07) is 3.26. The second-order valence-electron chi connectivity index (χ2n) is 6.08. The first-order valence-electron chi connectivity index (χ1n) is 7.59. The smallest absolute Gasteiger partial charge is 0.255 e. The summed E-state index contributed by atoms with van der Waals surface area (Å²) in [7, 11) is 0. The van der Waals surface area contributed by atoms with Gasteiger partial charge in [0.05, 0.1) is 21.9 Å². The summed E-state index contributed by atoms with van der Waals surface area (Å²) in [6.45, 7) is 3.45. The number of nitrogens with one attached hydrogen (secondary N) is 2. The number of aliphatic hydroxyl groups is 1. The van der Waals surface area contributed by atoms with Crippen LogP contribution in [0.1, 0.15) is 29.0 Å². The number of hydrogen-bond donors (Lipinski definition) is 4. The van der Waals surface area contributed by atoms with Gasteiger partial charge in [-0.2, -0.15) is 0 Å². The molecular weight excluding hydrogens is 318 g/mol. The van der Waals surface area contributed by atoms with E-state index in [1.807, 2.05) is 0 Å². The predicted molar refractivity (Wildman–Crippen MR) is 89.8 cm³/mol. The topological polar surface area (TPSA) is 101 Å². The van der Waals surface area contributed by atoms with Crippen molar-refractivity contribution >= 4 is 34.2 Å². The highest BCUT2D eigenvalue weighted by Gasteiger charge is 2.30. The third-order valence-corrected chi connectivity index (χ3v) is 4.59. The van der Waals surface area contributed by atoms with E-state index < -0.39 is 5.60 Å². The fourth-order valence-corrected chi connectivity index (χ4v) is 3.10. The van der Waals surface area contributed by atoms with Crippen LogP contribution in [0.4, 0.5) is 5.69 Å². The molecule has 2 heterocycles. The van der Waals surface area contributed by atoms with Gasteiger partial charge in [-0.15, -0.1) is 0 Å². The van der Waals surface area contributed by atoms with Crippen LogP contribution in [0.25, 0.3) is 11.0 Å². The lowest BCUT2D eigenvalue weighted by molar-refractivity contribution is 0.0113. The minimum absolute atomic E-state index is 0.191. The SMILES string of the molecule is Cc1cc2c(N)c(Cl)cc(C(=O)NCC3(O)CCNCC3)c2o1. The lowest BCUT2D eigenvalue weighted by Gasteiger charge is -2.32. The molecule has 5 N–H and O–H groups in total. The van der Waals surface area contributed by atoms with E-state index in [1.165, 1.54) is 6.07 Å². The number of rotatable bonds is 3. The van der Waals surface area contributed by atoms with Gasteiger partial charge in [0.2, 0.25) is 0 Å². The van der Waals surface area contributed by atoms with Gasteiger partial charge >= 0.3 is 0 Å². The lowest BCUT2D eigenvalue weighted by Crippen LogP contribution is -2.49. The Hall–Kier alpha value is -1.76. The van der Waals surface area contributed by atoms with Crippen molar-refractivity contribution in [1.82, 2.24) is 10.6 Å². The van der Waals surface area contributed by atoms with Crippen LogP contribution in [0, 0.1) is 6.92 Å². The maximum absolute atomic E-state index is 12.5. The third-order valence-electron chi connectivity index (χ3n) is 4.28. The monoisotopic (exact) mass is 337 g/mol. The summed E-state index contributed by atoms with van der Waals surface area (Å²) >= 11 is 6.12. The highest BCUT2D eigenvalue weighted by atomic mass is 35.5. The molecule has 0 saturated carbocycles. The number of aryl methyl sites for hydroxylation is 1. The van der Waals surface area contributed by atoms with Crippen molar-refractivity contribution in [2.45, 2.75) is 25.4 Å². The molecule has 1 aliphatic rings. The summed E-state index contributed by atoms with van der Waals surface area (Å²) < 4.78 is 5.60. The number of hydrogen-bond acceptors (Lipinski definition) is 5. The molecule has 7 heteroatoms. The molecule has 6 nitrogen and oxygen atoms in total. The fourth-order valence-electron chi connectivity index (χ4n) is 2.89. The van der Waals surface area contributed by atoms with Crippen LogP contribution < -0.4 is 16.4 Å². The summed E-state index contributed by atoms with van der Waals surface area (Å²) in [5.74, 6) is 0.318. The lowest BCUT2D eigenvalue weighted by atomic mass is 9.92. The Morgan fingerprint density at radius 1 is 1.48 bits per heavy atom. The Morgan fingerprint density at radius 3 is 2.87 bits per heavy atom. The van der Waals surface area contributed by atoms with Crippen LogP contribution in [0.15, 0.2) is 16.5 Å². The Labute approximate surface area is 139 Å². The number of piperidine rings is 1. The molecule has 0 unspecified atom stereocenters. The molecule has 1 aliphatic heterocycles. The molecule has 1 amide bonds. The van der Waals surface area contributed by atoms with E-state index in [2.05, 4.69) is 10.6 Å². The second-order valence-corrected chi connectivity index (χ2v) is 6.48. The minimum atomic E-state index is -0.878. The molecule has 0 radical (unpaired) electrons. The van der Waals surface area contributed by atoms with E-state index >= 15 is 0 Å². The number of fused-ring (bicyclic) bond motifs is 1. The van der Waals surface area contributed by atoms with Crippen molar-refractivity contribution in [2.75, 3.05) is 25.4 Å². The number of amides is 1. The molecule has 1 saturated heterocycles. The Bertz CT molecular complexity index is 751. The molecule has 124 valence electrons. The van der Waals surface area contributed by atoms with Crippen molar-refractivity contribution in [3.63, 3.8) is 0 Å². The molecule has 2 aromatic rings. The van der Waals surface area contributed by atoms with E-state index in [1.54, 1.807) is 13.0 Å². The van der Waals surface area contributed by atoms with Crippen LogP contribution >= 0.6 is 11.6 Å². The van der Waals surface area contributed by atoms with Crippen molar-refractivity contribution < 1.29 is 14.3 Å². The van der Waals surface area contributed by atoms with Gasteiger partial charge in [-0.1, -0.05) is 11.6 Å². The van der Waals surface area contributed by atoms with Gasteiger partial charge in [0, 0.05) is 11.9 Å². The summed E-state index contributed by atoms with van der Waals surface area (Å²) in [5.41, 5.74) is 6.20. The van der Waals surface area contributed by atoms with E-state index in [0.29, 0.717) is 45.8 Å². The zero-order valence-electron chi connectivity index (χ0n) is 12.9. The van der Waals surface area contributed by atoms with E-state index in [0.717, 1.165) is 13.1 Å². The summed E-state index contributed by atoms with van der Waals surface area (Å²) in [5, 5.41) is 17.4. The van der Waals surface area contributed by atoms with Crippen molar-refractivity contribution in [1.29, 1.82) is 0 Å². The molecule has 23 heavy (non-hydrogen) atoms. The maximum atomic E-state index is 12.5. The average Bonchev–Trinajstić information content (AvgIpc) is 2.91. The predicted octanol–water partition coefficient (Wildman–Crippen LogP) is 1.82. The van der Waals surface area contributed by atoms with Gasteiger partial charge < -0.3 is 25.9 Å². The third kappa shape index (κ3) is 3.15. The molecule has 3 rings (SSSR count). The number of halogens is 1. The largest absolute Gasteiger partial charge is 0.460 e. The quantitative estimate of drug-likeness (QED) is 0.640. The Kier molecular flexibility index (Phi) is 4.23.